The normalized spacial score (nSPS) is 33.3. The summed E-state index contributed by atoms with van der Waals surface area (Å²) < 4.78 is 0. The van der Waals surface area contributed by atoms with Crippen LogP contribution in [-0.2, 0) is 0 Å². The minimum Gasteiger partial charge on any atom is -0.330 e. The summed E-state index contributed by atoms with van der Waals surface area (Å²) >= 11 is 0. The van der Waals surface area contributed by atoms with Crippen LogP contribution >= 0.6 is 0 Å². The van der Waals surface area contributed by atoms with Gasteiger partial charge in [0, 0.05) is 0 Å². The van der Waals surface area contributed by atoms with E-state index in [-0.39, 0.29) is 0 Å². The van der Waals surface area contributed by atoms with Gasteiger partial charge in [0.1, 0.15) is 0 Å². The zero-order valence-corrected chi connectivity index (χ0v) is 12.0. The third-order valence-corrected chi connectivity index (χ3v) is 4.28. The summed E-state index contributed by atoms with van der Waals surface area (Å²) in [5, 5.41) is 0. The Labute approximate surface area is 107 Å². The molecule has 0 aromatic rings. The van der Waals surface area contributed by atoms with Crippen molar-refractivity contribution in [2.24, 2.45) is 28.9 Å². The molecule has 17 heavy (non-hydrogen) atoms. The van der Waals surface area contributed by atoms with Crippen LogP contribution in [0.15, 0.2) is 24.3 Å². The van der Waals surface area contributed by atoms with Gasteiger partial charge in [-0.05, 0) is 49.0 Å². The SMILES string of the molecule is C=CCC(CN)C1(C)C/C(=C/C(C)C)C(C)C1. The average molecular weight is 235 g/mol. The van der Waals surface area contributed by atoms with Crippen LogP contribution in [0.2, 0.25) is 0 Å². The highest BCUT2D eigenvalue weighted by Gasteiger charge is 2.41. The molecule has 1 aliphatic carbocycles. The predicted molar refractivity (Wildman–Crippen MR) is 76.8 cm³/mol. The van der Waals surface area contributed by atoms with Crippen LogP contribution < -0.4 is 5.73 Å². The molecular weight excluding hydrogens is 206 g/mol. The molecule has 1 nitrogen and oxygen atoms in total. The fourth-order valence-corrected chi connectivity index (χ4v) is 3.37. The summed E-state index contributed by atoms with van der Waals surface area (Å²) in [7, 11) is 0. The van der Waals surface area contributed by atoms with Crippen molar-refractivity contribution >= 4 is 0 Å². The van der Waals surface area contributed by atoms with Crippen molar-refractivity contribution in [3.63, 3.8) is 0 Å². The fourth-order valence-electron chi connectivity index (χ4n) is 3.37. The van der Waals surface area contributed by atoms with Crippen LogP contribution in [0.25, 0.3) is 0 Å². The average Bonchev–Trinajstić information content (AvgIpc) is 2.50. The Kier molecular flexibility index (Phi) is 5.00. The predicted octanol–water partition coefficient (Wildman–Crippen LogP) is 4.16. The molecule has 1 saturated carbocycles. The second kappa shape index (κ2) is 5.86. The van der Waals surface area contributed by atoms with E-state index in [1.807, 2.05) is 6.08 Å². The van der Waals surface area contributed by atoms with Crippen molar-refractivity contribution < 1.29 is 0 Å². The lowest BCUT2D eigenvalue weighted by atomic mass is 9.73. The maximum absolute atomic E-state index is 5.95. The Balaban J connectivity index is 2.83. The van der Waals surface area contributed by atoms with E-state index in [9.17, 15) is 0 Å². The molecule has 1 heteroatoms. The quantitative estimate of drug-likeness (QED) is 0.712. The standard InChI is InChI=1S/C16H29N/c1-6-7-15(11-17)16(5)9-13(4)14(10-16)8-12(2)3/h6,8,12-13,15H,1,7,9-11,17H2,2-5H3/b14-8-. The Hall–Kier alpha value is -0.560. The van der Waals surface area contributed by atoms with Crippen molar-refractivity contribution in [1.29, 1.82) is 0 Å². The summed E-state index contributed by atoms with van der Waals surface area (Å²) in [5.41, 5.74) is 7.97. The van der Waals surface area contributed by atoms with E-state index in [0.29, 0.717) is 17.3 Å². The summed E-state index contributed by atoms with van der Waals surface area (Å²) in [4.78, 5) is 0. The molecular formula is C16H29N. The van der Waals surface area contributed by atoms with Gasteiger partial charge in [0.15, 0.2) is 0 Å². The monoisotopic (exact) mass is 235 g/mol. The van der Waals surface area contributed by atoms with E-state index in [1.54, 1.807) is 5.57 Å². The van der Waals surface area contributed by atoms with Gasteiger partial charge in [-0.1, -0.05) is 45.4 Å². The highest BCUT2D eigenvalue weighted by Crippen LogP contribution is 2.50. The molecule has 0 aliphatic heterocycles. The first-order valence-corrected chi connectivity index (χ1v) is 6.94. The van der Waals surface area contributed by atoms with Crippen molar-refractivity contribution in [2.75, 3.05) is 6.54 Å². The molecule has 2 N–H and O–H groups in total. The first kappa shape index (κ1) is 14.5. The molecule has 0 heterocycles. The topological polar surface area (TPSA) is 26.0 Å². The second-order valence-corrected chi connectivity index (χ2v) is 6.38. The van der Waals surface area contributed by atoms with E-state index < -0.39 is 0 Å². The van der Waals surface area contributed by atoms with Crippen LogP contribution in [0.1, 0.15) is 47.0 Å². The third kappa shape index (κ3) is 3.45. The lowest BCUT2D eigenvalue weighted by Gasteiger charge is -2.32. The molecule has 1 aliphatic rings. The molecule has 1 rings (SSSR count). The van der Waals surface area contributed by atoms with Gasteiger partial charge in [0.25, 0.3) is 0 Å². The summed E-state index contributed by atoms with van der Waals surface area (Å²) in [5.74, 6) is 1.97. The minimum absolute atomic E-state index is 0.378. The van der Waals surface area contributed by atoms with Gasteiger partial charge in [0.05, 0.1) is 0 Å². The maximum atomic E-state index is 5.95. The summed E-state index contributed by atoms with van der Waals surface area (Å²) in [6.07, 6.45) is 8.03. The van der Waals surface area contributed by atoms with Gasteiger partial charge >= 0.3 is 0 Å². The van der Waals surface area contributed by atoms with Crippen LogP contribution in [-0.4, -0.2) is 6.54 Å². The van der Waals surface area contributed by atoms with Gasteiger partial charge in [-0.15, -0.1) is 6.58 Å². The van der Waals surface area contributed by atoms with Crippen LogP contribution in [0, 0.1) is 23.2 Å². The molecule has 3 atom stereocenters. The Morgan fingerprint density at radius 1 is 1.53 bits per heavy atom. The lowest BCUT2D eigenvalue weighted by Crippen LogP contribution is -2.30. The number of nitrogens with two attached hydrogens (primary N) is 1. The van der Waals surface area contributed by atoms with E-state index in [0.717, 1.165) is 18.9 Å². The molecule has 1 fully saturated rings. The zero-order chi connectivity index (χ0) is 13.1. The highest BCUT2D eigenvalue weighted by molar-refractivity contribution is 5.17. The second-order valence-electron chi connectivity index (χ2n) is 6.38. The van der Waals surface area contributed by atoms with E-state index in [2.05, 4.69) is 40.3 Å². The number of allylic oxidation sites excluding steroid dienone is 3. The molecule has 0 amide bonds. The van der Waals surface area contributed by atoms with Gasteiger partial charge in [-0.25, -0.2) is 0 Å². The van der Waals surface area contributed by atoms with Crippen LogP contribution in [0.5, 0.6) is 0 Å². The van der Waals surface area contributed by atoms with E-state index in [4.69, 9.17) is 5.73 Å². The fraction of sp³-hybridized carbons (Fsp3) is 0.750. The van der Waals surface area contributed by atoms with Crippen molar-refractivity contribution in [3.05, 3.63) is 24.3 Å². The molecule has 0 radical (unpaired) electrons. The number of rotatable bonds is 5. The Bertz CT molecular complexity index is 290. The number of hydrogen-bond acceptors (Lipinski definition) is 1. The molecule has 0 aromatic carbocycles. The van der Waals surface area contributed by atoms with Crippen molar-refractivity contribution in [2.45, 2.75) is 47.0 Å². The molecule has 3 unspecified atom stereocenters. The zero-order valence-electron chi connectivity index (χ0n) is 12.0. The number of hydrogen-bond donors (Lipinski definition) is 1. The first-order chi connectivity index (χ1) is 7.92. The van der Waals surface area contributed by atoms with Gasteiger partial charge in [0.2, 0.25) is 0 Å². The molecule has 0 spiro atoms. The molecule has 0 saturated heterocycles. The Morgan fingerprint density at radius 3 is 2.65 bits per heavy atom. The first-order valence-electron chi connectivity index (χ1n) is 6.94. The smallest absolute Gasteiger partial charge is 0.00406 e. The maximum Gasteiger partial charge on any atom is -0.00406 e. The van der Waals surface area contributed by atoms with Crippen LogP contribution in [0.4, 0.5) is 0 Å². The van der Waals surface area contributed by atoms with Crippen molar-refractivity contribution in [3.8, 4) is 0 Å². The van der Waals surface area contributed by atoms with E-state index in [1.165, 1.54) is 12.8 Å². The van der Waals surface area contributed by atoms with Crippen LogP contribution in [0.3, 0.4) is 0 Å². The molecule has 0 aromatic heterocycles. The Morgan fingerprint density at radius 2 is 2.18 bits per heavy atom. The highest BCUT2D eigenvalue weighted by atomic mass is 14.6. The molecule has 0 bridgehead atoms. The molecule has 98 valence electrons. The third-order valence-electron chi connectivity index (χ3n) is 4.28. The van der Waals surface area contributed by atoms with E-state index >= 15 is 0 Å². The van der Waals surface area contributed by atoms with Crippen molar-refractivity contribution in [1.82, 2.24) is 0 Å². The van der Waals surface area contributed by atoms with Gasteiger partial charge in [-0.2, -0.15) is 0 Å². The van der Waals surface area contributed by atoms with Gasteiger partial charge in [-0.3, -0.25) is 0 Å². The lowest BCUT2D eigenvalue weighted by molar-refractivity contribution is 0.195. The minimum atomic E-state index is 0.378. The van der Waals surface area contributed by atoms with Gasteiger partial charge < -0.3 is 5.73 Å². The largest absolute Gasteiger partial charge is 0.330 e. The summed E-state index contributed by atoms with van der Waals surface area (Å²) in [6.45, 7) is 13.9. The summed E-state index contributed by atoms with van der Waals surface area (Å²) in [6, 6.07) is 0.